The third kappa shape index (κ3) is 2.70. The van der Waals surface area contributed by atoms with E-state index < -0.39 is 5.54 Å². The molecule has 0 bridgehead atoms. The topological polar surface area (TPSA) is 55.4 Å². The van der Waals surface area contributed by atoms with Crippen molar-refractivity contribution in [2.75, 3.05) is 18.6 Å². The lowest BCUT2D eigenvalue weighted by atomic mass is 9.97. The van der Waals surface area contributed by atoms with Crippen molar-refractivity contribution >= 4 is 23.6 Å². The fourth-order valence-electron chi connectivity index (χ4n) is 1.62. The van der Waals surface area contributed by atoms with Crippen molar-refractivity contribution in [3.05, 3.63) is 0 Å². The first-order chi connectivity index (χ1) is 7.55. The van der Waals surface area contributed by atoms with Crippen LogP contribution in [-0.2, 0) is 14.3 Å². The zero-order valence-electron chi connectivity index (χ0n) is 10.0. The molecule has 0 radical (unpaired) electrons. The van der Waals surface area contributed by atoms with Gasteiger partial charge in [0, 0.05) is 11.7 Å². The van der Waals surface area contributed by atoms with Crippen LogP contribution in [-0.4, -0.2) is 36.0 Å². The van der Waals surface area contributed by atoms with Crippen molar-refractivity contribution in [2.24, 2.45) is 5.92 Å². The minimum atomic E-state index is -0.792. The molecule has 0 aromatic rings. The normalized spacial score (nSPS) is 26.2. The van der Waals surface area contributed by atoms with Crippen LogP contribution in [0.2, 0.25) is 0 Å². The van der Waals surface area contributed by atoms with E-state index in [-0.39, 0.29) is 17.8 Å². The van der Waals surface area contributed by atoms with E-state index in [2.05, 4.69) is 5.32 Å². The highest BCUT2D eigenvalue weighted by Crippen LogP contribution is 2.29. The number of esters is 1. The van der Waals surface area contributed by atoms with Gasteiger partial charge in [0.1, 0.15) is 5.54 Å². The number of ether oxygens (including phenoxy) is 1. The summed E-state index contributed by atoms with van der Waals surface area (Å²) in [5.74, 6) is 1.05. The Balaban J connectivity index is 2.72. The highest BCUT2D eigenvalue weighted by molar-refractivity contribution is 7.99. The lowest BCUT2D eigenvalue weighted by Gasteiger charge is -2.27. The fraction of sp³-hybridized carbons (Fsp3) is 0.818. The van der Waals surface area contributed by atoms with E-state index in [1.807, 2.05) is 13.8 Å². The van der Waals surface area contributed by atoms with E-state index in [4.69, 9.17) is 4.74 Å². The van der Waals surface area contributed by atoms with Gasteiger partial charge in [-0.2, -0.15) is 11.8 Å². The second kappa shape index (κ2) is 5.57. The molecule has 5 heteroatoms. The number of hydrogen-bond acceptors (Lipinski definition) is 4. The van der Waals surface area contributed by atoms with Crippen molar-refractivity contribution in [1.82, 2.24) is 5.32 Å². The van der Waals surface area contributed by atoms with Gasteiger partial charge >= 0.3 is 5.97 Å². The summed E-state index contributed by atoms with van der Waals surface area (Å²) in [5.41, 5.74) is -0.792. The maximum Gasteiger partial charge on any atom is 0.332 e. The zero-order chi connectivity index (χ0) is 12.2. The van der Waals surface area contributed by atoms with Crippen molar-refractivity contribution in [3.8, 4) is 0 Å². The molecule has 92 valence electrons. The number of hydrogen-bond donors (Lipinski definition) is 1. The molecule has 0 spiro atoms. The van der Waals surface area contributed by atoms with Crippen LogP contribution in [0.4, 0.5) is 0 Å². The molecular formula is C11H19NO3S. The standard InChI is InChI=1S/C11H19NO3S/c1-4-8(2)9(13)12-11(10(14)15-3)5-6-16-7-11/h8H,4-7H2,1-3H3,(H,12,13)/t8-,11+/m0/s1. The van der Waals surface area contributed by atoms with E-state index >= 15 is 0 Å². The molecule has 0 aromatic heterocycles. The summed E-state index contributed by atoms with van der Waals surface area (Å²) >= 11 is 1.67. The lowest BCUT2D eigenvalue weighted by molar-refractivity contribution is -0.150. The lowest BCUT2D eigenvalue weighted by Crippen LogP contribution is -2.56. The summed E-state index contributed by atoms with van der Waals surface area (Å²) in [7, 11) is 1.36. The summed E-state index contributed by atoms with van der Waals surface area (Å²) in [5, 5.41) is 2.86. The quantitative estimate of drug-likeness (QED) is 0.756. The van der Waals surface area contributed by atoms with E-state index in [0.29, 0.717) is 12.2 Å². The number of thioether (sulfide) groups is 1. The number of amides is 1. The Bertz CT molecular complexity index is 274. The molecule has 4 nitrogen and oxygen atoms in total. The van der Waals surface area contributed by atoms with Gasteiger partial charge in [-0.1, -0.05) is 13.8 Å². The molecule has 1 aliphatic rings. The first-order valence-electron chi connectivity index (χ1n) is 5.54. The van der Waals surface area contributed by atoms with Gasteiger partial charge in [-0.3, -0.25) is 4.79 Å². The maximum absolute atomic E-state index is 11.8. The fourth-order valence-corrected chi connectivity index (χ4v) is 2.94. The van der Waals surface area contributed by atoms with E-state index in [0.717, 1.165) is 12.2 Å². The molecule has 0 saturated carbocycles. The molecule has 0 aromatic carbocycles. The van der Waals surface area contributed by atoms with Gasteiger partial charge in [-0.05, 0) is 18.6 Å². The van der Waals surface area contributed by atoms with Crippen LogP contribution in [0.5, 0.6) is 0 Å². The number of rotatable bonds is 4. The molecule has 0 unspecified atom stereocenters. The van der Waals surface area contributed by atoms with Crippen molar-refractivity contribution in [3.63, 3.8) is 0 Å². The molecular weight excluding hydrogens is 226 g/mol. The Hall–Kier alpha value is -0.710. The van der Waals surface area contributed by atoms with Crippen LogP contribution >= 0.6 is 11.8 Å². The van der Waals surface area contributed by atoms with Crippen LogP contribution in [0, 0.1) is 5.92 Å². The highest BCUT2D eigenvalue weighted by Gasteiger charge is 2.44. The summed E-state index contributed by atoms with van der Waals surface area (Å²) in [4.78, 5) is 23.6. The molecule has 1 aliphatic heterocycles. The van der Waals surface area contributed by atoms with Gasteiger partial charge in [0.2, 0.25) is 5.91 Å². The van der Waals surface area contributed by atoms with Crippen molar-refractivity contribution in [1.29, 1.82) is 0 Å². The summed E-state index contributed by atoms with van der Waals surface area (Å²) in [6, 6.07) is 0. The highest BCUT2D eigenvalue weighted by atomic mass is 32.2. The number of carbonyl (C=O) groups excluding carboxylic acids is 2. The van der Waals surface area contributed by atoms with E-state index in [1.165, 1.54) is 7.11 Å². The van der Waals surface area contributed by atoms with Gasteiger partial charge in [-0.15, -0.1) is 0 Å². The second-order valence-electron chi connectivity index (χ2n) is 4.17. The monoisotopic (exact) mass is 245 g/mol. The number of methoxy groups -OCH3 is 1. The Kier molecular flexibility index (Phi) is 4.65. The van der Waals surface area contributed by atoms with Gasteiger partial charge in [0.05, 0.1) is 7.11 Å². The summed E-state index contributed by atoms with van der Waals surface area (Å²) < 4.78 is 4.78. The molecule has 1 fully saturated rings. The smallest absolute Gasteiger partial charge is 0.332 e. The maximum atomic E-state index is 11.8. The summed E-state index contributed by atoms with van der Waals surface area (Å²) in [6.07, 6.45) is 1.43. The van der Waals surface area contributed by atoms with Crippen LogP contribution in [0.1, 0.15) is 26.7 Å². The first kappa shape index (κ1) is 13.4. The third-order valence-corrected chi connectivity index (χ3v) is 4.21. The zero-order valence-corrected chi connectivity index (χ0v) is 10.9. The molecule has 1 N–H and O–H groups in total. The molecule has 0 aliphatic carbocycles. The number of carbonyl (C=O) groups is 2. The Morgan fingerprint density at radius 3 is 2.69 bits per heavy atom. The van der Waals surface area contributed by atoms with Crippen LogP contribution in [0.3, 0.4) is 0 Å². The Morgan fingerprint density at radius 2 is 2.25 bits per heavy atom. The van der Waals surface area contributed by atoms with Crippen molar-refractivity contribution < 1.29 is 14.3 Å². The van der Waals surface area contributed by atoms with Gasteiger partial charge in [0.25, 0.3) is 0 Å². The first-order valence-corrected chi connectivity index (χ1v) is 6.69. The number of nitrogens with one attached hydrogen (secondary N) is 1. The van der Waals surface area contributed by atoms with Crippen LogP contribution in [0.15, 0.2) is 0 Å². The van der Waals surface area contributed by atoms with Gasteiger partial charge < -0.3 is 10.1 Å². The SMILES string of the molecule is CC[C@H](C)C(=O)N[C@]1(C(=O)OC)CCSC1. The Labute approximate surface area is 100 Å². The predicted octanol–water partition coefficient (Wildman–Crippen LogP) is 1.20. The Morgan fingerprint density at radius 1 is 1.56 bits per heavy atom. The molecule has 1 rings (SSSR count). The predicted molar refractivity (Wildman–Crippen MR) is 64.3 cm³/mol. The molecule has 2 atom stereocenters. The molecule has 16 heavy (non-hydrogen) atoms. The third-order valence-electron chi connectivity index (χ3n) is 3.02. The second-order valence-corrected chi connectivity index (χ2v) is 5.28. The minimum Gasteiger partial charge on any atom is -0.467 e. The van der Waals surface area contributed by atoms with Crippen molar-refractivity contribution in [2.45, 2.75) is 32.2 Å². The van der Waals surface area contributed by atoms with Gasteiger partial charge in [0.15, 0.2) is 0 Å². The van der Waals surface area contributed by atoms with Gasteiger partial charge in [-0.25, -0.2) is 4.79 Å². The van der Waals surface area contributed by atoms with E-state index in [9.17, 15) is 9.59 Å². The minimum absolute atomic E-state index is 0.0598. The molecule has 1 heterocycles. The average molecular weight is 245 g/mol. The molecule has 1 saturated heterocycles. The van der Waals surface area contributed by atoms with Crippen LogP contribution in [0.25, 0.3) is 0 Å². The average Bonchev–Trinajstić information content (AvgIpc) is 2.76. The van der Waals surface area contributed by atoms with E-state index in [1.54, 1.807) is 11.8 Å². The summed E-state index contributed by atoms with van der Waals surface area (Å²) in [6.45, 7) is 3.82. The van der Waals surface area contributed by atoms with Crippen LogP contribution < -0.4 is 5.32 Å². The largest absolute Gasteiger partial charge is 0.467 e. The molecule has 1 amide bonds.